The number of fused-ring (bicyclic) bond motifs is 1. The molecule has 6 rings (SSSR count). The Kier molecular flexibility index (Phi) is 8.55. The maximum absolute atomic E-state index is 13.8. The summed E-state index contributed by atoms with van der Waals surface area (Å²) in [7, 11) is 0. The molecule has 46 heavy (non-hydrogen) atoms. The van der Waals surface area contributed by atoms with E-state index >= 15 is 0 Å². The number of nitriles is 1. The molecule has 240 valence electrons. The lowest BCUT2D eigenvalue weighted by atomic mass is 10.0. The number of rotatable bonds is 7. The fourth-order valence-corrected chi connectivity index (χ4v) is 5.96. The molecule has 3 aromatic heterocycles. The van der Waals surface area contributed by atoms with Crippen LogP contribution in [0.5, 0.6) is 0 Å². The van der Waals surface area contributed by atoms with Crippen molar-refractivity contribution in [3.05, 3.63) is 59.3 Å². The summed E-state index contributed by atoms with van der Waals surface area (Å²) in [4.78, 5) is 36.0. The van der Waals surface area contributed by atoms with Gasteiger partial charge in [-0.25, -0.2) is 9.97 Å². The number of aromatic nitrogens is 5. The van der Waals surface area contributed by atoms with Gasteiger partial charge in [-0.05, 0) is 37.5 Å². The molecular formula is C29H28ClF3N10O3. The first kappa shape index (κ1) is 31.3. The monoisotopic (exact) mass is 656 g/mol. The summed E-state index contributed by atoms with van der Waals surface area (Å²) >= 11 is 6.53. The highest BCUT2D eigenvalue weighted by Crippen LogP contribution is 2.37. The Morgan fingerprint density at radius 1 is 1.22 bits per heavy atom. The third-order valence-corrected chi connectivity index (χ3v) is 8.29. The molecule has 17 heteroatoms. The van der Waals surface area contributed by atoms with E-state index in [4.69, 9.17) is 16.9 Å². The van der Waals surface area contributed by atoms with Crippen LogP contribution in [0, 0.1) is 11.3 Å². The number of aliphatic hydroxyl groups is 1. The van der Waals surface area contributed by atoms with Crippen molar-refractivity contribution in [3.63, 3.8) is 0 Å². The van der Waals surface area contributed by atoms with E-state index in [1.807, 2.05) is 0 Å². The van der Waals surface area contributed by atoms with Gasteiger partial charge in [-0.2, -0.15) is 23.5 Å². The summed E-state index contributed by atoms with van der Waals surface area (Å²) < 4.78 is 43.6. The van der Waals surface area contributed by atoms with Crippen molar-refractivity contribution in [3.8, 4) is 17.3 Å². The molecule has 0 aliphatic carbocycles. The number of nitrogens with one attached hydrogen (secondary N) is 3. The van der Waals surface area contributed by atoms with Crippen LogP contribution in [-0.2, 0) is 17.5 Å². The number of aliphatic hydroxyl groups excluding tert-OH is 1. The van der Waals surface area contributed by atoms with Gasteiger partial charge in [0.05, 0.1) is 46.3 Å². The first-order chi connectivity index (χ1) is 22.0. The molecule has 2 amide bonds. The second kappa shape index (κ2) is 12.6. The van der Waals surface area contributed by atoms with Crippen LogP contribution >= 0.6 is 11.6 Å². The number of amides is 2. The normalized spacial score (nSPS) is 18.9. The molecule has 0 spiro atoms. The smallest absolute Gasteiger partial charge is 0.392 e. The minimum absolute atomic E-state index is 0.0784. The minimum Gasteiger partial charge on any atom is -0.392 e. The molecule has 2 aliphatic rings. The van der Waals surface area contributed by atoms with E-state index in [9.17, 15) is 27.9 Å². The SMILES string of the molecule is N#CCn1cc(-c2cnc3c(Nc4ccc(C(=O)N5CCC(NC(=O)C6CC(O)CN6)CC5)c(Cl)c4)nccn23)c(C(F)(F)F)n1. The number of anilines is 2. The molecular weight excluding hydrogens is 629 g/mol. The van der Waals surface area contributed by atoms with Crippen molar-refractivity contribution in [2.45, 2.75) is 50.2 Å². The van der Waals surface area contributed by atoms with E-state index in [-0.39, 0.29) is 52.1 Å². The van der Waals surface area contributed by atoms with Crippen LogP contribution in [0.25, 0.3) is 16.9 Å². The van der Waals surface area contributed by atoms with Crippen LogP contribution in [-0.4, -0.2) is 83.8 Å². The number of imidazole rings is 1. The lowest BCUT2D eigenvalue weighted by molar-refractivity contribution is -0.141. The van der Waals surface area contributed by atoms with Crippen molar-refractivity contribution in [2.24, 2.45) is 0 Å². The summed E-state index contributed by atoms with van der Waals surface area (Å²) in [5, 5.41) is 31.4. The van der Waals surface area contributed by atoms with Crippen molar-refractivity contribution in [2.75, 3.05) is 25.0 Å². The molecule has 0 radical (unpaired) electrons. The number of hydrogen-bond donors (Lipinski definition) is 4. The van der Waals surface area contributed by atoms with Crippen LogP contribution in [0.1, 0.15) is 35.3 Å². The van der Waals surface area contributed by atoms with Crippen LogP contribution < -0.4 is 16.0 Å². The van der Waals surface area contributed by atoms with Gasteiger partial charge >= 0.3 is 6.18 Å². The van der Waals surface area contributed by atoms with Crippen LogP contribution in [0.3, 0.4) is 0 Å². The van der Waals surface area contributed by atoms with Gasteiger partial charge in [0.2, 0.25) is 5.91 Å². The quantitative estimate of drug-likeness (QED) is 0.234. The standard InChI is InChI=1S/C29H28ClF3N10O3/c30-21-11-17(1-2-19(21)28(46)41-7-3-16(4-8-41)39-27(45)22-12-18(44)13-36-22)38-25-26-37-14-23(43(26)10-6-35-25)20-15-42(9-5-34)40-24(20)29(31,32)33/h1-2,6,10-11,14-16,18,22,36,44H,3-4,7-9,12-13H2,(H,35,38)(H,39,45). The number of likely N-dealkylation sites (tertiary alicyclic amines) is 1. The van der Waals surface area contributed by atoms with Gasteiger partial charge < -0.3 is 26.0 Å². The second-order valence-electron chi connectivity index (χ2n) is 11.1. The molecule has 0 bridgehead atoms. The summed E-state index contributed by atoms with van der Waals surface area (Å²) in [5.41, 5.74) is -0.286. The van der Waals surface area contributed by atoms with Crippen LogP contribution in [0.15, 0.2) is 43.0 Å². The first-order valence-corrected chi connectivity index (χ1v) is 14.8. The molecule has 2 saturated heterocycles. The van der Waals surface area contributed by atoms with E-state index < -0.39 is 24.0 Å². The zero-order valence-electron chi connectivity index (χ0n) is 24.1. The first-order valence-electron chi connectivity index (χ1n) is 14.4. The molecule has 2 fully saturated rings. The number of piperidine rings is 1. The summed E-state index contributed by atoms with van der Waals surface area (Å²) in [5.74, 6) is -0.173. The van der Waals surface area contributed by atoms with Gasteiger partial charge in [-0.15, -0.1) is 0 Å². The van der Waals surface area contributed by atoms with Crippen molar-refractivity contribution in [1.82, 2.24) is 39.7 Å². The van der Waals surface area contributed by atoms with Crippen molar-refractivity contribution >= 4 is 40.6 Å². The maximum atomic E-state index is 13.8. The lowest BCUT2D eigenvalue weighted by Gasteiger charge is -2.33. The third-order valence-electron chi connectivity index (χ3n) is 7.98. The number of alkyl halides is 3. The van der Waals surface area contributed by atoms with Gasteiger partial charge in [0, 0.05) is 50.0 Å². The Hall–Kier alpha value is -4.72. The van der Waals surface area contributed by atoms with Gasteiger partial charge in [0.15, 0.2) is 17.2 Å². The number of nitrogens with zero attached hydrogens (tertiary/aromatic N) is 7. The van der Waals surface area contributed by atoms with Gasteiger partial charge in [0.1, 0.15) is 6.54 Å². The molecule has 2 unspecified atom stereocenters. The van der Waals surface area contributed by atoms with Crippen LogP contribution in [0.4, 0.5) is 24.7 Å². The highest BCUT2D eigenvalue weighted by molar-refractivity contribution is 6.34. The summed E-state index contributed by atoms with van der Waals surface area (Å²) in [6.45, 7) is 0.899. The topological polar surface area (TPSA) is 166 Å². The Labute approximate surface area is 265 Å². The van der Waals surface area contributed by atoms with Crippen LogP contribution in [0.2, 0.25) is 5.02 Å². The Bertz CT molecular complexity index is 1830. The largest absolute Gasteiger partial charge is 0.435 e. The Balaban J connectivity index is 1.14. The zero-order chi connectivity index (χ0) is 32.6. The molecule has 0 saturated carbocycles. The third kappa shape index (κ3) is 6.34. The number of β-amino-alcohol motifs (C(OH)–C–C–N with tert-alkyl or cyclic N) is 1. The van der Waals surface area contributed by atoms with E-state index in [1.54, 1.807) is 29.2 Å². The van der Waals surface area contributed by atoms with Gasteiger partial charge in [0.25, 0.3) is 5.91 Å². The van der Waals surface area contributed by atoms with E-state index in [2.05, 4.69) is 31.0 Å². The van der Waals surface area contributed by atoms with E-state index in [0.717, 1.165) is 10.9 Å². The van der Waals surface area contributed by atoms with Gasteiger partial charge in [-0.1, -0.05) is 11.6 Å². The number of benzene rings is 1. The highest BCUT2D eigenvalue weighted by atomic mass is 35.5. The Morgan fingerprint density at radius 2 is 2.00 bits per heavy atom. The minimum atomic E-state index is -4.76. The zero-order valence-corrected chi connectivity index (χ0v) is 24.9. The predicted octanol–water partition coefficient (Wildman–Crippen LogP) is 2.98. The lowest BCUT2D eigenvalue weighted by Crippen LogP contribution is -2.50. The molecule has 2 atom stereocenters. The second-order valence-corrected chi connectivity index (χ2v) is 11.5. The molecule has 4 N–H and O–H groups in total. The fourth-order valence-electron chi connectivity index (χ4n) is 5.70. The van der Waals surface area contributed by atoms with E-state index in [1.165, 1.54) is 23.0 Å². The molecule has 1 aromatic carbocycles. The fraction of sp³-hybridized carbons (Fsp3) is 0.379. The van der Waals surface area contributed by atoms with Crippen molar-refractivity contribution in [1.29, 1.82) is 5.26 Å². The molecule has 4 aromatic rings. The number of carbonyl (C=O) groups excluding carboxylic acids is 2. The summed E-state index contributed by atoms with van der Waals surface area (Å²) in [6, 6.07) is 6.05. The van der Waals surface area contributed by atoms with Crippen molar-refractivity contribution < 1.29 is 27.9 Å². The predicted molar refractivity (Wildman–Crippen MR) is 159 cm³/mol. The average Bonchev–Trinajstić information content (AvgIpc) is 3.76. The molecule has 5 heterocycles. The number of carbonyl (C=O) groups is 2. The van der Waals surface area contributed by atoms with Gasteiger partial charge in [-0.3, -0.25) is 18.7 Å². The highest BCUT2D eigenvalue weighted by Gasteiger charge is 2.38. The van der Waals surface area contributed by atoms with E-state index in [0.29, 0.717) is 50.1 Å². The molecule has 2 aliphatic heterocycles. The maximum Gasteiger partial charge on any atom is 0.435 e. The molecule has 13 nitrogen and oxygen atoms in total. The number of hydrogen-bond acceptors (Lipinski definition) is 9. The average molecular weight is 657 g/mol. The summed E-state index contributed by atoms with van der Waals surface area (Å²) in [6.07, 6.45) is 1.52. The Morgan fingerprint density at radius 3 is 2.67 bits per heavy atom. The number of halogens is 4.